The molecule has 0 spiro atoms. The van der Waals surface area contributed by atoms with Gasteiger partial charge in [0.2, 0.25) is 11.6 Å². The van der Waals surface area contributed by atoms with Crippen LogP contribution in [0.3, 0.4) is 0 Å². The lowest BCUT2D eigenvalue weighted by atomic mass is 10.7. The van der Waals surface area contributed by atoms with Crippen LogP contribution in [0.25, 0.3) is 0 Å². The molecule has 0 aliphatic carbocycles. The molecule has 0 aliphatic heterocycles. The predicted molar refractivity (Wildman–Crippen MR) is 54.8 cm³/mol. The first-order chi connectivity index (χ1) is 7.87. The SMILES string of the molecule is [2H]C([2H])([2H])OP(=S)(OC([2H])([2H])[2H])SCC(=O)NC. The van der Waals surface area contributed by atoms with E-state index in [-0.39, 0.29) is 5.75 Å². The van der Waals surface area contributed by atoms with Crippen LogP contribution in [0.1, 0.15) is 8.22 Å². The van der Waals surface area contributed by atoms with Crippen molar-refractivity contribution in [2.24, 2.45) is 0 Å². The molecule has 1 N–H and O–H groups in total. The molecule has 7 heteroatoms. The zero-order chi connectivity index (χ0) is 14.6. The highest BCUT2D eigenvalue weighted by Gasteiger charge is 2.17. The van der Waals surface area contributed by atoms with Gasteiger partial charge in [-0.05, 0) is 11.8 Å². The minimum atomic E-state index is -3.67. The molecule has 0 saturated heterocycles. The summed E-state index contributed by atoms with van der Waals surface area (Å²) in [7, 11) is -4.41. The first kappa shape index (κ1) is 5.32. The van der Waals surface area contributed by atoms with Gasteiger partial charge in [-0.15, -0.1) is 0 Å². The van der Waals surface area contributed by atoms with E-state index in [0.29, 0.717) is 11.4 Å². The van der Waals surface area contributed by atoms with E-state index in [0.717, 1.165) is 0 Å². The van der Waals surface area contributed by atoms with E-state index in [9.17, 15) is 4.79 Å². The Bertz CT molecular complexity index is 325. The van der Waals surface area contributed by atoms with Crippen molar-refractivity contribution in [1.29, 1.82) is 0 Å². The lowest BCUT2D eigenvalue weighted by Gasteiger charge is -2.15. The number of amides is 1. The average molecular weight is 235 g/mol. The van der Waals surface area contributed by atoms with Gasteiger partial charge in [0.25, 0.3) is 0 Å². The molecule has 0 aromatic carbocycles. The standard InChI is InChI=1S/C5H12NO3PS2/c1-6-5(7)4-12-10(11,8-2)9-3/h4H2,1-3H3,(H,6,7)/i2D3,3D3. The lowest BCUT2D eigenvalue weighted by Crippen LogP contribution is -2.19. The number of hydrogen-bond donors (Lipinski definition) is 1. The molecule has 12 heavy (non-hydrogen) atoms. The van der Waals surface area contributed by atoms with Crippen LogP contribution in [-0.2, 0) is 25.6 Å². The number of carbonyl (C=O) groups is 1. The second-order valence-electron chi connectivity index (χ2n) is 1.58. The summed E-state index contributed by atoms with van der Waals surface area (Å²) in [6, 6.07) is 0. The Balaban J connectivity index is 4.82. The molecule has 0 aromatic heterocycles. The van der Waals surface area contributed by atoms with Gasteiger partial charge in [0.05, 0.1) is 14.0 Å². The molecule has 0 aliphatic rings. The zero-order valence-electron chi connectivity index (χ0n) is 12.2. The van der Waals surface area contributed by atoms with Crippen LogP contribution in [-0.4, -0.2) is 32.8 Å². The van der Waals surface area contributed by atoms with Gasteiger partial charge in [-0.1, -0.05) is 11.4 Å². The minimum absolute atomic E-state index is 0.250. The molecule has 0 heterocycles. The van der Waals surface area contributed by atoms with Crippen molar-refractivity contribution < 1.29 is 22.1 Å². The van der Waals surface area contributed by atoms with Crippen LogP contribution in [0.4, 0.5) is 0 Å². The maximum Gasteiger partial charge on any atom is 0.247 e. The average Bonchev–Trinajstić information content (AvgIpc) is 2.07. The predicted octanol–water partition coefficient (Wildman–Crippen LogP) is 0.983. The highest BCUT2D eigenvalue weighted by atomic mass is 32.9. The Labute approximate surface area is 89.7 Å². The van der Waals surface area contributed by atoms with Crippen LogP contribution in [0, 0.1) is 0 Å². The maximum absolute atomic E-state index is 11.0. The summed E-state index contributed by atoms with van der Waals surface area (Å²) < 4.78 is 50.6. The molecule has 0 bridgehead atoms. The van der Waals surface area contributed by atoms with Crippen LogP contribution in [0.5, 0.6) is 0 Å². The summed E-state index contributed by atoms with van der Waals surface area (Å²) in [4.78, 5) is 11.0. The fourth-order valence-electron chi connectivity index (χ4n) is 0.281. The van der Waals surface area contributed by atoms with Gasteiger partial charge < -0.3 is 14.4 Å². The number of carbonyl (C=O) groups excluding carboxylic acids is 1. The van der Waals surface area contributed by atoms with Crippen molar-refractivity contribution in [3.05, 3.63) is 0 Å². The van der Waals surface area contributed by atoms with E-state index < -0.39 is 25.7 Å². The second-order valence-corrected chi connectivity index (χ2v) is 7.74. The van der Waals surface area contributed by atoms with Crippen molar-refractivity contribution in [1.82, 2.24) is 5.32 Å². The molecule has 0 saturated carbocycles. The zero-order valence-corrected chi connectivity index (χ0v) is 8.72. The van der Waals surface area contributed by atoms with Crippen LogP contribution in [0.15, 0.2) is 0 Å². The van der Waals surface area contributed by atoms with E-state index >= 15 is 0 Å². The number of rotatable bonds is 5. The fraction of sp³-hybridized carbons (Fsp3) is 0.800. The summed E-state index contributed by atoms with van der Waals surface area (Å²) in [6.07, 6.45) is 0. The molecule has 1 amide bonds. The van der Waals surface area contributed by atoms with Crippen molar-refractivity contribution in [2.45, 2.75) is 0 Å². The van der Waals surface area contributed by atoms with E-state index in [1.165, 1.54) is 7.05 Å². The Morgan fingerprint density at radius 1 is 1.75 bits per heavy atom. The molecule has 0 unspecified atom stereocenters. The summed E-state index contributed by atoms with van der Waals surface area (Å²) in [5.41, 5.74) is -3.67. The van der Waals surface area contributed by atoms with Crippen molar-refractivity contribution >= 4 is 34.8 Å². The minimum Gasteiger partial charge on any atom is -0.358 e. The van der Waals surface area contributed by atoms with E-state index in [4.69, 9.17) is 20.0 Å². The Morgan fingerprint density at radius 2 is 2.33 bits per heavy atom. The van der Waals surface area contributed by atoms with Gasteiger partial charge in [0.1, 0.15) is 0 Å². The van der Waals surface area contributed by atoms with Gasteiger partial charge in [0, 0.05) is 21.1 Å². The molecule has 0 rings (SSSR count). The quantitative estimate of drug-likeness (QED) is 0.720. The van der Waals surface area contributed by atoms with E-state index in [2.05, 4.69) is 14.4 Å². The van der Waals surface area contributed by atoms with E-state index in [1.54, 1.807) is 0 Å². The third-order valence-corrected chi connectivity index (χ3v) is 5.19. The summed E-state index contributed by atoms with van der Waals surface area (Å²) in [5, 5.41) is 2.28. The largest absolute Gasteiger partial charge is 0.358 e. The Morgan fingerprint density at radius 3 is 2.75 bits per heavy atom. The van der Waals surface area contributed by atoms with Gasteiger partial charge in [-0.3, -0.25) is 4.79 Å². The first-order valence-corrected chi connectivity index (χ1v) is 6.96. The normalized spacial score (nSPS) is 20.8. The molecule has 4 nitrogen and oxygen atoms in total. The van der Waals surface area contributed by atoms with Gasteiger partial charge in [0.15, 0.2) is 0 Å². The van der Waals surface area contributed by atoms with Crippen molar-refractivity contribution in [2.75, 3.05) is 26.9 Å². The van der Waals surface area contributed by atoms with Crippen LogP contribution in [0.2, 0.25) is 0 Å². The summed E-state index contributed by atoms with van der Waals surface area (Å²) >= 11 is 5.35. The maximum atomic E-state index is 11.0. The number of nitrogens with one attached hydrogen (secondary N) is 1. The fourth-order valence-corrected chi connectivity index (χ4v) is 2.46. The van der Waals surface area contributed by atoms with Crippen molar-refractivity contribution in [3.63, 3.8) is 0 Å². The Hall–Kier alpha value is 0.390. The molecule has 0 fully saturated rings. The van der Waals surface area contributed by atoms with Gasteiger partial charge in [-0.2, -0.15) is 0 Å². The topological polar surface area (TPSA) is 47.6 Å². The van der Waals surface area contributed by atoms with Crippen LogP contribution >= 0.6 is 17.1 Å². The summed E-state index contributed by atoms with van der Waals surface area (Å²) in [5.74, 6) is -0.697. The smallest absolute Gasteiger partial charge is 0.247 e. The number of hydrogen-bond acceptors (Lipinski definition) is 5. The third kappa shape index (κ3) is 4.42. The molecular weight excluding hydrogens is 217 g/mol. The lowest BCUT2D eigenvalue weighted by molar-refractivity contribution is -0.118. The summed E-state index contributed by atoms with van der Waals surface area (Å²) in [6.45, 7) is 0. The molecule has 0 radical (unpaired) electrons. The van der Waals surface area contributed by atoms with Crippen LogP contribution < -0.4 is 5.32 Å². The first-order valence-electron chi connectivity index (χ1n) is 5.73. The highest BCUT2D eigenvalue weighted by Crippen LogP contribution is 2.59. The van der Waals surface area contributed by atoms with Crippen molar-refractivity contribution in [3.8, 4) is 0 Å². The second kappa shape index (κ2) is 5.94. The molecule has 0 aromatic rings. The highest BCUT2D eigenvalue weighted by molar-refractivity contribution is 8.68. The monoisotopic (exact) mass is 235 g/mol. The molecule has 72 valence electrons. The third-order valence-electron chi connectivity index (χ3n) is 0.856. The Kier molecular flexibility index (Phi) is 2.63. The van der Waals surface area contributed by atoms with E-state index in [1.807, 2.05) is 0 Å². The molecular formula is C5H12NO3PS2. The van der Waals surface area contributed by atoms with Gasteiger partial charge >= 0.3 is 0 Å². The molecule has 0 atom stereocenters. The van der Waals surface area contributed by atoms with Gasteiger partial charge in [-0.25, -0.2) is 0 Å².